The molecule has 0 saturated heterocycles. The molecule has 4 heteroatoms. The number of thioether (sulfide) groups is 1. The number of carbonyl (C=O) groups excluding carboxylic acids is 1. The van der Waals surface area contributed by atoms with E-state index in [1.807, 2.05) is 25.1 Å². The van der Waals surface area contributed by atoms with E-state index in [0.29, 0.717) is 5.75 Å². The van der Waals surface area contributed by atoms with E-state index >= 15 is 0 Å². The minimum atomic E-state index is 0.192. The molecule has 0 aliphatic heterocycles. The highest BCUT2D eigenvalue weighted by Gasteiger charge is 2.08. The summed E-state index contributed by atoms with van der Waals surface area (Å²) >= 11 is 1.69. The van der Waals surface area contributed by atoms with Gasteiger partial charge in [-0.2, -0.15) is 11.8 Å². The van der Waals surface area contributed by atoms with Gasteiger partial charge in [0.05, 0.1) is 16.8 Å². The first-order chi connectivity index (χ1) is 8.20. The number of imidazole rings is 1. The van der Waals surface area contributed by atoms with Crippen LogP contribution in [-0.2, 0) is 0 Å². The molecule has 3 nitrogen and oxygen atoms in total. The quantitative estimate of drug-likeness (QED) is 0.653. The van der Waals surface area contributed by atoms with Crippen LogP contribution >= 0.6 is 11.8 Å². The van der Waals surface area contributed by atoms with Crippen molar-refractivity contribution in [3.63, 3.8) is 0 Å². The molecule has 90 valence electrons. The highest BCUT2D eigenvalue weighted by molar-refractivity contribution is 7.99. The van der Waals surface area contributed by atoms with Crippen LogP contribution in [0.25, 0.3) is 11.0 Å². The molecule has 2 rings (SSSR count). The Morgan fingerprint density at radius 3 is 3.06 bits per heavy atom. The van der Waals surface area contributed by atoms with Crippen molar-refractivity contribution in [2.24, 2.45) is 0 Å². The van der Waals surface area contributed by atoms with Crippen LogP contribution in [-0.4, -0.2) is 27.3 Å². The van der Waals surface area contributed by atoms with Crippen molar-refractivity contribution in [1.29, 1.82) is 0 Å². The van der Waals surface area contributed by atoms with Crippen LogP contribution in [0.2, 0.25) is 0 Å². The van der Waals surface area contributed by atoms with Crippen LogP contribution < -0.4 is 0 Å². The third-order valence-electron chi connectivity index (χ3n) is 2.50. The van der Waals surface area contributed by atoms with Gasteiger partial charge in [-0.1, -0.05) is 6.92 Å². The first-order valence-corrected chi connectivity index (χ1v) is 6.93. The Bertz CT molecular complexity index is 533. The van der Waals surface area contributed by atoms with E-state index in [0.717, 1.165) is 34.6 Å². The topological polar surface area (TPSA) is 45.8 Å². The van der Waals surface area contributed by atoms with Crippen molar-refractivity contribution >= 4 is 28.6 Å². The number of aryl methyl sites for hydroxylation is 1. The van der Waals surface area contributed by atoms with Gasteiger partial charge in [-0.15, -0.1) is 0 Å². The number of hydrogen-bond donors (Lipinski definition) is 1. The van der Waals surface area contributed by atoms with Gasteiger partial charge >= 0.3 is 0 Å². The maximum atomic E-state index is 11.9. The molecule has 0 amide bonds. The molecule has 1 N–H and O–H groups in total. The molecular weight excluding hydrogens is 232 g/mol. The number of ketones is 1. The fraction of sp³-hybridized carbons (Fsp3) is 0.385. The van der Waals surface area contributed by atoms with Crippen molar-refractivity contribution in [2.45, 2.75) is 20.3 Å². The number of rotatable bonds is 5. The standard InChI is InChI=1S/C13H16N2OS/c1-3-6-17-8-13(16)10-4-5-11-12(7-10)15-9(2)14-11/h4-5,7H,3,6,8H2,1-2H3,(H,14,15). The number of nitrogens with one attached hydrogen (secondary N) is 1. The van der Waals surface area contributed by atoms with E-state index in [1.165, 1.54) is 0 Å². The largest absolute Gasteiger partial charge is 0.342 e. The van der Waals surface area contributed by atoms with Gasteiger partial charge in [-0.25, -0.2) is 4.98 Å². The molecule has 0 spiro atoms. The summed E-state index contributed by atoms with van der Waals surface area (Å²) in [6, 6.07) is 5.65. The van der Waals surface area contributed by atoms with Crippen LogP contribution in [0.1, 0.15) is 29.5 Å². The summed E-state index contributed by atoms with van der Waals surface area (Å²) in [6.07, 6.45) is 1.11. The van der Waals surface area contributed by atoms with Crippen LogP contribution in [0.4, 0.5) is 0 Å². The summed E-state index contributed by atoms with van der Waals surface area (Å²) in [4.78, 5) is 19.4. The summed E-state index contributed by atoms with van der Waals surface area (Å²) in [5.41, 5.74) is 2.62. The van der Waals surface area contributed by atoms with Crippen LogP contribution in [0.3, 0.4) is 0 Å². The van der Waals surface area contributed by atoms with Crippen LogP contribution in [0.5, 0.6) is 0 Å². The van der Waals surface area contributed by atoms with E-state index in [2.05, 4.69) is 16.9 Å². The average Bonchev–Trinajstić information content (AvgIpc) is 2.68. The lowest BCUT2D eigenvalue weighted by Gasteiger charge is -2.00. The number of H-pyrrole nitrogens is 1. The second-order valence-electron chi connectivity index (χ2n) is 4.03. The number of hydrogen-bond acceptors (Lipinski definition) is 3. The van der Waals surface area contributed by atoms with Gasteiger partial charge in [0, 0.05) is 5.56 Å². The van der Waals surface area contributed by atoms with Crippen molar-refractivity contribution in [1.82, 2.24) is 9.97 Å². The number of aromatic nitrogens is 2. The van der Waals surface area contributed by atoms with E-state index in [9.17, 15) is 4.79 Å². The average molecular weight is 248 g/mol. The summed E-state index contributed by atoms with van der Waals surface area (Å²) < 4.78 is 0. The van der Waals surface area contributed by atoms with Crippen molar-refractivity contribution < 1.29 is 4.79 Å². The minimum Gasteiger partial charge on any atom is -0.342 e. The van der Waals surface area contributed by atoms with Crippen molar-refractivity contribution in [3.8, 4) is 0 Å². The lowest BCUT2D eigenvalue weighted by molar-refractivity contribution is 0.102. The van der Waals surface area contributed by atoms with Gasteiger partial charge in [-0.05, 0) is 37.3 Å². The molecule has 0 unspecified atom stereocenters. The molecule has 17 heavy (non-hydrogen) atoms. The molecule has 0 saturated carbocycles. The third-order valence-corrected chi connectivity index (χ3v) is 3.67. The molecule has 0 aliphatic rings. The van der Waals surface area contributed by atoms with E-state index < -0.39 is 0 Å². The Morgan fingerprint density at radius 2 is 2.29 bits per heavy atom. The predicted octanol–water partition coefficient (Wildman–Crippen LogP) is 3.20. The number of Topliss-reactive ketones (excluding diaryl/α,β-unsaturated/α-hetero) is 1. The first-order valence-electron chi connectivity index (χ1n) is 5.78. The highest BCUT2D eigenvalue weighted by atomic mass is 32.2. The zero-order valence-corrected chi connectivity index (χ0v) is 10.9. The second-order valence-corrected chi connectivity index (χ2v) is 5.14. The monoisotopic (exact) mass is 248 g/mol. The summed E-state index contributed by atoms with van der Waals surface area (Å²) in [5, 5.41) is 0. The minimum absolute atomic E-state index is 0.192. The number of fused-ring (bicyclic) bond motifs is 1. The van der Waals surface area contributed by atoms with Gasteiger partial charge in [0.2, 0.25) is 0 Å². The Hall–Kier alpha value is -1.29. The SMILES string of the molecule is CCCSCC(=O)c1ccc2nc(C)[nH]c2c1. The zero-order chi connectivity index (χ0) is 12.3. The van der Waals surface area contributed by atoms with Gasteiger partial charge in [-0.3, -0.25) is 4.79 Å². The summed E-state index contributed by atoms with van der Waals surface area (Å²) in [5.74, 6) is 2.67. The maximum Gasteiger partial charge on any atom is 0.172 e. The lowest BCUT2D eigenvalue weighted by atomic mass is 10.1. The third kappa shape index (κ3) is 2.88. The Balaban J connectivity index is 2.15. The molecule has 0 bridgehead atoms. The molecule has 1 aromatic carbocycles. The van der Waals surface area contributed by atoms with Crippen molar-refractivity contribution in [2.75, 3.05) is 11.5 Å². The smallest absolute Gasteiger partial charge is 0.172 e. The summed E-state index contributed by atoms with van der Waals surface area (Å²) in [6.45, 7) is 4.04. The molecule has 0 aliphatic carbocycles. The number of carbonyl (C=O) groups is 1. The molecule has 0 atom stereocenters. The van der Waals surface area contributed by atoms with E-state index in [4.69, 9.17) is 0 Å². The zero-order valence-electron chi connectivity index (χ0n) is 10.1. The Labute approximate surface area is 105 Å². The predicted molar refractivity (Wildman–Crippen MR) is 72.8 cm³/mol. The maximum absolute atomic E-state index is 11.9. The molecule has 2 aromatic rings. The van der Waals surface area contributed by atoms with E-state index in [-0.39, 0.29) is 5.78 Å². The molecule has 1 aromatic heterocycles. The normalized spacial score (nSPS) is 10.9. The fourth-order valence-electron chi connectivity index (χ4n) is 1.70. The lowest BCUT2D eigenvalue weighted by Crippen LogP contribution is -2.02. The van der Waals surface area contributed by atoms with Gasteiger partial charge < -0.3 is 4.98 Å². The molecule has 0 radical (unpaired) electrons. The Morgan fingerprint density at radius 1 is 1.47 bits per heavy atom. The molecule has 0 fully saturated rings. The number of nitrogens with zero attached hydrogens (tertiary/aromatic N) is 1. The number of aromatic amines is 1. The van der Waals surface area contributed by atoms with Crippen molar-refractivity contribution in [3.05, 3.63) is 29.6 Å². The highest BCUT2D eigenvalue weighted by Crippen LogP contribution is 2.15. The van der Waals surface area contributed by atoms with Crippen LogP contribution in [0, 0.1) is 6.92 Å². The summed E-state index contributed by atoms with van der Waals surface area (Å²) in [7, 11) is 0. The Kier molecular flexibility index (Phi) is 3.84. The molecule has 1 heterocycles. The fourth-order valence-corrected chi connectivity index (χ4v) is 2.49. The van der Waals surface area contributed by atoms with E-state index in [1.54, 1.807) is 11.8 Å². The van der Waals surface area contributed by atoms with Gasteiger partial charge in [0.15, 0.2) is 5.78 Å². The second kappa shape index (κ2) is 5.36. The first kappa shape index (κ1) is 12.2. The molecular formula is C13H16N2OS. The van der Waals surface area contributed by atoms with Gasteiger partial charge in [0.25, 0.3) is 0 Å². The van der Waals surface area contributed by atoms with Crippen LogP contribution in [0.15, 0.2) is 18.2 Å². The van der Waals surface area contributed by atoms with Gasteiger partial charge in [0.1, 0.15) is 5.82 Å². The number of benzene rings is 1.